The molecule has 4 nitrogen and oxygen atoms in total. The van der Waals surface area contributed by atoms with Crippen LogP contribution in [-0.2, 0) is 0 Å². The Balaban J connectivity index is 2.79. The van der Waals surface area contributed by atoms with E-state index in [2.05, 4.69) is 5.10 Å². The van der Waals surface area contributed by atoms with Crippen LogP contribution in [0, 0.1) is 11.3 Å². The second kappa shape index (κ2) is 3.28. The largest absolute Gasteiger partial charge is 0.295 e. The molecule has 2 rings (SSSR count). The number of H-pyrrole nitrogens is 1. The zero-order valence-corrected chi connectivity index (χ0v) is 8.61. The fraction of sp³-hybridized carbons (Fsp3) is 0.273. The van der Waals surface area contributed by atoms with Gasteiger partial charge < -0.3 is 0 Å². The molecule has 0 saturated heterocycles. The number of nitriles is 1. The number of hydrogen-bond acceptors (Lipinski definition) is 2. The summed E-state index contributed by atoms with van der Waals surface area (Å²) >= 11 is 0. The van der Waals surface area contributed by atoms with Gasteiger partial charge in [0, 0.05) is 6.04 Å². The van der Waals surface area contributed by atoms with Gasteiger partial charge in [0.25, 0.3) is 5.56 Å². The number of nitrogens with zero attached hydrogens (tertiary/aromatic N) is 2. The molecule has 0 saturated carbocycles. The molecule has 0 bridgehead atoms. The molecule has 1 heterocycles. The Morgan fingerprint density at radius 1 is 1.47 bits per heavy atom. The van der Waals surface area contributed by atoms with E-state index in [4.69, 9.17) is 5.26 Å². The summed E-state index contributed by atoms with van der Waals surface area (Å²) in [5, 5.41) is 12.3. The summed E-state index contributed by atoms with van der Waals surface area (Å²) in [5.74, 6) is 0. The van der Waals surface area contributed by atoms with E-state index in [1.54, 1.807) is 22.9 Å². The van der Waals surface area contributed by atoms with Crippen LogP contribution in [0.15, 0.2) is 23.0 Å². The van der Waals surface area contributed by atoms with Gasteiger partial charge in [0.15, 0.2) is 0 Å². The lowest BCUT2D eigenvalue weighted by atomic mass is 10.2. The maximum atomic E-state index is 11.9. The minimum atomic E-state index is -0.0721. The first kappa shape index (κ1) is 9.53. The maximum Gasteiger partial charge on any atom is 0.274 e. The molecular weight excluding hydrogens is 190 g/mol. The third-order valence-corrected chi connectivity index (χ3v) is 2.36. The molecular formula is C11H11N3O. The number of aromatic nitrogens is 2. The van der Waals surface area contributed by atoms with Crippen molar-refractivity contribution in [3.8, 4) is 6.07 Å². The smallest absolute Gasteiger partial charge is 0.274 e. The van der Waals surface area contributed by atoms with Crippen LogP contribution in [0.2, 0.25) is 0 Å². The molecule has 76 valence electrons. The average molecular weight is 201 g/mol. The summed E-state index contributed by atoms with van der Waals surface area (Å²) in [4.78, 5) is 11.9. The lowest BCUT2D eigenvalue weighted by Gasteiger charge is -2.02. The van der Waals surface area contributed by atoms with Crippen molar-refractivity contribution in [3.05, 3.63) is 34.1 Å². The fourth-order valence-electron chi connectivity index (χ4n) is 1.56. The topological polar surface area (TPSA) is 61.6 Å². The zero-order chi connectivity index (χ0) is 11.0. The predicted octanol–water partition coefficient (Wildman–Crippen LogP) is 1.78. The SMILES string of the molecule is CC(C)n1[nH]c2ccc(C#N)cc2c1=O. The summed E-state index contributed by atoms with van der Waals surface area (Å²) in [6, 6.07) is 7.19. The van der Waals surface area contributed by atoms with Gasteiger partial charge in [0.05, 0.1) is 22.5 Å². The molecule has 0 aliphatic heterocycles. The normalized spacial score (nSPS) is 10.8. The van der Waals surface area contributed by atoms with Gasteiger partial charge >= 0.3 is 0 Å². The minimum Gasteiger partial charge on any atom is -0.295 e. The van der Waals surface area contributed by atoms with Crippen LogP contribution in [0.1, 0.15) is 25.5 Å². The van der Waals surface area contributed by atoms with Crippen LogP contribution in [0.4, 0.5) is 0 Å². The summed E-state index contributed by atoms with van der Waals surface area (Å²) in [6.45, 7) is 3.87. The van der Waals surface area contributed by atoms with Crippen LogP contribution < -0.4 is 5.56 Å². The van der Waals surface area contributed by atoms with E-state index in [1.807, 2.05) is 19.9 Å². The Morgan fingerprint density at radius 3 is 2.80 bits per heavy atom. The van der Waals surface area contributed by atoms with Crippen molar-refractivity contribution in [2.45, 2.75) is 19.9 Å². The molecule has 0 atom stereocenters. The van der Waals surface area contributed by atoms with Gasteiger partial charge in [-0.05, 0) is 32.0 Å². The number of rotatable bonds is 1. The Bertz CT molecular complexity index is 598. The average Bonchev–Trinajstić information content (AvgIpc) is 2.56. The van der Waals surface area contributed by atoms with Gasteiger partial charge in [0.2, 0.25) is 0 Å². The minimum absolute atomic E-state index is 0.0721. The molecule has 1 N–H and O–H groups in total. The molecule has 0 aliphatic carbocycles. The van der Waals surface area contributed by atoms with E-state index in [-0.39, 0.29) is 11.6 Å². The Kier molecular flexibility index (Phi) is 2.09. The van der Waals surface area contributed by atoms with Crippen molar-refractivity contribution >= 4 is 10.9 Å². The third kappa shape index (κ3) is 1.42. The Labute approximate surface area is 86.7 Å². The lowest BCUT2D eigenvalue weighted by Crippen LogP contribution is -2.18. The van der Waals surface area contributed by atoms with Crippen molar-refractivity contribution in [1.29, 1.82) is 5.26 Å². The van der Waals surface area contributed by atoms with Crippen LogP contribution in [0.5, 0.6) is 0 Å². The first-order valence-corrected chi connectivity index (χ1v) is 4.78. The standard InChI is InChI=1S/C11H11N3O/c1-7(2)14-11(15)9-5-8(6-12)3-4-10(9)13-14/h3-5,7,13H,1-2H3. The van der Waals surface area contributed by atoms with Gasteiger partial charge in [0.1, 0.15) is 0 Å². The number of hydrogen-bond donors (Lipinski definition) is 1. The van der Waals surface area contributed by atoms with Crippen LogP contribution in [0.25, 0.3) is 10.9 Å². The van der Waals surface area contributed by atoms with E-state index in [0.717, 1.165) is 5.52 Å². The van der Waals surface area contributed by atoms with Crippen molar-refractivity contribution in [2.75, 3.05) is 0 Å². The third-order valence-electron chi connectivity index (χ3n) is 2.36. The second-order valence-electron chi connectivity index (χ2n) is 3.75. The first-order chi connectivity index (χ1) is 7.13. The highest BCUT2D eigenvalue weighted by Gasteiger charge is 2.08. The highest BCUT2D eigenvalue weighted by Crippen LogP contribution is 2.11. The summed E-state index contributed by atoms with van der Waals surface area (Å²) in [6.07, 6.45) is 0. The quantitative estimate of drug-likeness (QED) is 0.764. The van der Waals surface area contributed by atoms with Crippen molar-refractivity contribution in [2.24, 2.45) is 0 Å². The zero-order valence-electron chi connectivity index (χ0n) is 8.61. The summed E-state index contributed by atoms with van der Waals surface area (Å²) in [7, 11) is 0. The summed E-state index contributed by atoms with van der Waals surface area (Å²) < 4.78 is 1.56. The van der Waals surface area contributed by atoms with Crippen LogP contribution in [-0.4, -0.2) is 9.78 Å². The maximum absolute atomic E-state index is 11.9. The van der Waals surface area contributed by atoms with E-state index >= 15 is 0 Å². The number of benzene rings is 1. The van der Waals surface area contributed by atoms with Gasteiger partial charge in [-0.25, -0.2) is 4.68 Å². The Morgan fingerprint density at radius 2 is 2.20 bits per heavy atom. The molecule has 15 heavy (non-hydrogen) atoms. The molecule has 0 fully saturated rings. The van der Waals surface area contributed by atoms with Gasteiger partial charge in [-0.3, -0.25) is 9.89 Å². The molecule has 0 unspecified atom stereocenters. The molecule has 4 heteroatoms. The number of nitrogens with one attached hydrogen (secondary N) is 1. The number of aromatic amines is 1. The molecule has 2 aromatic rings. The van der Waals surface area contributed by atoms with Crippen molar-refractivity contribution in [3.63, 3.8) is 0 Å². The highest BCUT2D eigenvalue weighted by molar-refractivity contribution is 5.79. The number of fused-ring (bicyclic) bond motifs is 1. The molecule has 0 spiro atoms. The lowest BCUT2D eigenvalue weighted by molar-refractivity contribution is 0.522. The Hall–Kier alpha value is -2.02. The molecule has 1 aromatic heterocycles. The van der Waals surface area contributed by atoms with Gasteiger partial charge in [-0.2, -0.15) is 5.26 Å². The van der Waals surface area contributed by atoms with E-state index < -0.39 is 0 Å². The van der Waals surface area contributed by atoms with Crippen LogP contribution in [0.3, 0.4) is 0 Å². The molecule has 1 aromatic carbocycles. The van der Waals surface area contributed by atoms with E-state index in [1.165, 1.54) is 0 Å². The highest BCUT2D eigenvalue weighted by atomic mass is 16.1. The van der Waals surface area contributed by atoms with E-state index in [9.17, 15) is 4.79 Å². The predicted molar refractivity (Wildman–Crippen MR) is 57.7 cm³/mol. The van der Waals surface area contributed by atoms with Gasteiger partial charge in [-0.15, -0.1) is 0 Å². The van der Waals surface area contributed by atoms with Crippen molar-refractivity contribution in [1.82, 2.24) is 9.78 Å². The van der Waals surface area contributed by atoms with E-state index in [0.29, 0.717) is 10.9 Å². The first-order valence-electron chi connectivity index (χ1n) is 4.78. The van der Waals surface area contributed by atoms with Crippen LogP contribution >= 0.6 is 0 Å². The second-order valence-corrected chi connectivity index (χ2v) is 3.75. The molecule has 0 aliphatic rings. The van der Waals surface area contributed by atoms with Crippen molar-refractivity contribution < 1.29 is 0 Å². The molecule has 0 amide bonds. The molecule has 0 radical (unpaired) electrons. The summed E-state index contributed by atoms with van der Waals surface area (Å²) in [5.41, 5.74) is 1.21. The van der Waals surface area contributed by atoms with Gasteiger partial charge in [-0.1, -0.05) is 0 Å². The fourth-order valence-corrected chi connectivity index (χ4v) is 1.56. The monoisotopic (exact) mass is 201 g/mol.